The zero-order chi connectivity index (χ0) is 13.9. The minimum Gasteiger partial charge on any atom is -0.459 e. The molecule has 0 spiro atoms. The maximum atomic E-state index is 11.5. The van der Waals surface area contributed by atoms with E-state index in [-0.39, 0.29) is 17.3 Å². The van der Waals surface area contributed by atoms with E-state index in [0.717, 1.165) is 0 Å². The van der Waals surface area contributed by atoms with Crippen LogP contribution >= 0.6 is 0 Å². The third-order valence-electron chi connectivity index (χ3n) is 3.13. The van der Waals surface area contributed by atoms with Crippen LogP contribution in [0.2, 0.25) is 0 Å². The van der Waals surface area contributed by atoms with E-state index in [1.807, 2.05) is 10.3 Å². The van der Waals surface area contributed by atoms with Gasteiger partial charge in [0.15, 0.2) is 15.6 Å². The molecule has 1 aliphatic heterocycles. The Morgan fingerprint density at radius 3 is 2.95 bits per heavy atom. The second-order valence-corrected chi connectivity index (χ2v) is 6.83. The molecular weight excluding hydrogens is 270 g/mol. The van der Waals surface area contributed by atoms with Crippen molar-refractivity contribution in [3.8, 4) is 0 Å². The largest absolute Gasteiger partial charge is 0.459 e. The van der Waals surface area contributed by atoms with E-state index in [4.69, 9.17) is 10.3 Å². The third-order valence-corrected chi connectivity index (χ3v) is 4.84. The van der Waals surface area contributed by atoms with Crippen LogP contribution < -0.4 is 11.3 Å². The summed E-state index contributed by atoms with van der Waals surface area (Å²) in [7, 11) is -2.93. The minimum absolute atomic E-state index is 0.156. The molecule has 0 atom stereocenters. The van der Waals surface area contributed by atoms with E-state index < -0.39 is 15.7 Å². The van der Waals surface area contributed by atoms with Gasteiger partial charge < -0.3 is 4.42 Å². The SMILES string of the molecule is NNC(=O)c1occc1CN1CCCS(=O)(=O)CC1. The average Bonchev–Trinajstić information content (AvgIpc) is 2.75. The van der Waals surface area contributed by atoms with Gasteiger partial charge in [-0.3, -0.25) is 15.1 Å². The maximum Gasteiger partial charge on any atom is 0.301 e. The molecule has 0 aromatic carbocycles. The normalized spacial score (nSPS) is 19.8. The molecule has 19 heavy (non-hydrogen) atoms. The van der Waals surface area contributed by atoms with Crippen LogP contribution in [0.5, 0.6) is 0 Å². The van der Waals surface area contributed by atoms with Crippen LogP contribution in [0.3, 0.4) is 0 Å². The van der Waals surface area contributed by atoms with Crippen molar-refractivity contribution in [1.82, 2.24) is 10.3 Å². The molecule has 8 heteroatoms. The number of nitrogen functional groups attached to an aromatic ring is 1. The van der Waals surface area contributed by atoms with Gasteiger partial charge in [0.25, 0.3) is 0 Å². The quantitative estimate of drug-likeness (QED) is 0.441. The van der Waals surface area contributed by atoms with Gasteiger partial charge in [0.1, 0.15) is 0 Å². The predicted molar refractivity (Wildman–Crippen MR) is 68.9 cm³/mol. The van der Waals surface area contributed by atoms with E-state index in [2.05, 4.69) is 0 Å². The number of hydrogen-bond acceptors (Lipinski definition) is 6. The summed E-state index contributed by atoms with van der Waals surface area (Å²) >= 11 is 0. The molecule has 1 fully saturated rings. The zero-order valence-electron chi connectivity index (χ0n) is 10.5. The molecule has 2 rings (SSSR count). The molecule has 1 amide bonds. The van der Waals surface area contributed by atoms with Gasteiger partial charge >= 0.3 is 5.91 Å². The summed E-state index contributed by atoms with van der Waals surface area (Å²) < 4.78 is 28.1. The Hall–Kier alpha value is -1.38. The van der Waals surface area contributed by atoms with Crippen LogP contribution in [-0.2, 0) is 16.4 Å². The fourth-order valence-electron chi connectivity index (χ4n) is 2.11. The summed E-state index contributed by atoms with van der Waals surface area (Å²) in [6, 6.07) is 1.70. The second kappa shape index (κ2) is 5.72. The molecule has 0 aliphatic carbocycles. The van der Waals surface area contributed by atoms with Crippen LogP contribution in [0.1, 0.15) is 22.5 Å². The summed E-state index contributed by atoms with van der Waals surface area (Å²) in [6.07, 6.45) is 2.03. The van der Waals surface area contributed by atoms with Crippen molar-refractivity contribution in [3.63, 3.8) is 0 Å². The number of nitrogens with one attached hydrogen (secondary N) is 1. The van der Waals surface area contributed by atoms with Crippen molar-refractivity contribution in [3.05, 3.63) is 23.7 Å². The van der Waals surface area contributed by atoms with Gasteiger partial charge in [-0.25, -0.2) is 14.3 Å². The number of nitrogens with two attached hydrogens (primary N) is 1. The Morgan fingerprint density at radius 2 is 2.21 bits per heavy atom. The summed E-state index contributed by atoms with van der Waals surface area (Å²) in [4.78, 5) is 13.5. The minimum atomic E-state index is -2.93. The summed E-state index contributed by atoms with van der Waals surface area (Å²) in [5.74, 6) is 5.15. The van der Waals surface area contributed by atoms with Gasteiger partial charge in [-0.05, 0) is 19.0 Å². The second-order valence-electron chi connectivity index (χ2n) is 4.53. The number of carbonyl (C=O) groups excluding carboxylic acids is 1. The summed E-state index contributed by atoms with van der Waals surface area (Å²) in [6.45, 7) is 1.64. The van der Waals surface area contributed by atoms with Gasteiger partial charge in [-0.2, -0.15) is 0 Å². The number of amides is 1. The Morgan fingerprint density at radius 1 is 1.42 bits per heavy atom. The van der Waals surface area contributed by atoms with E-state index in [9.17, 15) is 13.2 Å². The van der Waals surface area contributed by atoms with E-state index in [1.165, 1.54) is 6.26 Å². The highest BCUT2D eigenvalue weighted by Crippen LogP contribution is 2.15. The molecule has 0 unspecified atom stereocenters. The van der Waals surface area contributed by atoms with Crippen molar-refractivity contribution in [1.29, 1.82) is 0 Å². The first-order chi connectivity index (χ1) is 9.02. The highest BCUT2D eigenvalue weighted by atomic mass is 32.2. The number of furan rings is 1. The van der Waals surface area contributed by atoms with Crippen molar-refractivity contribution < 1.29 is 17.6 Å². The highest BCUT2D eigenvalue weighted by molar-refractivity contribution is 7.91. The van der Waals surface area contributed by atoms with Crippen LogP contribution in [-0.4, -0.2) is 43.8 Å². The smallest absolute Gasteiger partial charge is 0.301 e. The lowest BCUT2D eigenvalue weighted by Crippen LogP contribution is -2.32. The summed E-state index contributed by atoms with van der Waals surface area (Å²) in [5.41, 5.74) is 2.73. The number of rotatable bonds is 3. The molecular formula is C11H17N3O4S. The Balaban J connectivity index is 2.05. The van der Waals surface area contributed by atoms with E-state index >= 15 is 0 Å². The number of sulfone groups is 1. The van der Waals surface area contributed by atoms with Crippen LogP contribution in [0.15, 0.2) is 16.7 Å². The maximum absolute atomic E-state index is 11.5. The first-order valence-electron chi connectivity index (χ1n) is 6.02. The number of hydrogen-bond donors (Lipinski definition) is 2. The van der Waals surface area contributed by atoms with Crippen LogP contribution in [0.4, 0.5) is 0 Å². The molecule has 0 bridgehead atoms. The number of hydrazine groups is 1. The molecule has 0 saturated carbocycles. The Labute approximate surface area is 111 Å². The molecule has 1 aromatic rings. The molecule has 2 heterocycles. The van der Waals surface area contributed by atoms with E-state index in [0.29, 0.717) is 31.6 Å². The molecule has 1 aromatic heterocycles. The molecule has 106 valence electrons. The zero-order valence-corrected chi connectivity index (χ0v) is 11.3. The summed E-state index contributed by atoms with van der Waals surface area (Å²) in [5, 5.41) is 0. The van der Waals surface area contributed by atoms with Gasteiger partial charge in [0.05, 0.1) is 17.8 Å². The van der Waals surface area contributed by atoms with Gasteiger partial charge in [-0.15, -0.1) is 0 Å². The number of carbonyl (C=O) groups is 1. The lowest BCUT2D eigenvalue weighted by atomic mass is 10.2. The standard InChI is InChI=1S/C11H17N3O4S/c12-13-11(15)10-9(2-5-18-10)8-14-3-1-6-19(16,17)7-4-14/h2,5H,1,3-4,6-8,12H2,(H,13,15). The fraction of sp³-hybridized carbons (Fsp3) is 0.545. The van der Waals surface area contributed by atoms with E-state index in [1.54, 1.807) is 6.07 Å². The lowest BCUT2D eigenvalue weighted by molar-refractivity contribution is 0.0923. The number of nitrogens with zero attached hydrogens (tertiary/aromatic N) is 1. The highest BCUT2D eigenvalue weighted by Gasteiger charge is 2.21. The Bertz CT molecular complexity index is 552. The fourth-order valence-corrected chi connectivity index (χ4v) is 3.42. The van der Waals surface area contributed by atoms with Crippen molar-refractivity contribution >= 4 is 15.7 Å². The van der Waals surface area contributed by atoms with Crippen molar-refractivity contribution in [2.45, 2.75) is 13.0 Å². The monoisotopic (exact) mass is 287 g/mol. The third kappa shape index (κ3) is 3.55. The first kappa shape index (κ1) is 14.0. The van der Waals surface area contributed by atoms with Crippen LogP contribution in [0, 0.1) is 0 Å². The predicted octanol–water partition coefficient (Wildman–Crippen LogP) is -0.496. The van der Waals surface area contributed by atoms with Gasteiger partial charge in [0, 0.05) is 18.7 Å². The molecule has 0 radical (unpaired) electrons. The van der Waals surface area contributed by atoms with Crippen molar-refractivity contribution in [2.75, 3.05) is 24.6 Å². The molecule has 3 N–H and O–H groups in total. The van der Waals surface area contributed by atoms with Gasteiger partial charge in [0.2, 0.25) is 0 Å². The lowest BCUT2D eigenvalue weighted by Gasteiger charge is -2.18. The molecule has 1 aliphatic rings. The molecule has 1 saturated heterocycles. The average molecular weight is 287 g/mol. The van der Waals surface area contributed by atoms with Crippen molar-refractivity contribution in [2.24, 2.45) is 5.84 Å². The molecule has 7 nitrogen and oxygen atoms in total. The van der Waals surface area contributed by atoms with Crippen LogP contribution in [0.25, 0.3) is 0 Å². The first-order valence-corrected chi connectivity index (χ1v) is 7.84. The Kier molecular flexibility index (Phi) is 4.23. The van der Waals surface area contributed by atoms with Gasteiger partial charge in [-0.1, -0.05) is 0 Å². The topological polar surface area (TPSA) is 106 Å².